The molecule has 1 aromatic rings. The fourth-order valence-electron chi connectivity index (χ4n) is 2.33. The summed E-state index contributed by atoms with van der Waals surface area (Å²) in [7, 11) is 1.81. The van der Waals surface area contributed by atoms with Gasteiger partial charge in [-0.2, -0.15) is 5.10 Å². The third kappa shape index (κ3) is 3.03. The third-order valence-corrected chi connectivity index (χ3v) is 3.24. The normalized spacial score (nSPS) is 18.4. The minimum atomic E-state index is 0. The highest BCUT2D eigenvalue weighted by Gasteiger charge is 2.27. The molecule has 2 rings (SSSR count). The van der Waals surface area contributed by atoms with Crippen molar-refractivity contribution in [2.24, 2.45) is 7.05 Å². The monoisotopic (exact) mass is 272 g/mol. The molecule has 1 aromatic heterocycles. The quantitative estimate of drug-likeness (QED) is 0.892. The zero-order valence-corrected chi connectivity index (χ0v) is 11.7. The molecule has 0 bridgehead atoms. The highest BCUT2D eigenvalue weighted by atomic mass is 35.5. The number of rotatable bonds is 4. The summed E-state index contributed by atoms with van der Waals surface area (Å²) in [4.78, 5) is 14.4. The van der Waals surface area contributed by atoms with Crippen LogP contribution in [0.5, 0.6) is 0 Å². The average Bonchev–Trinajstić information content (AvgIpc) is 2.95. The Morgan fingerprint density at radius 2 is 2.44 bits per heavy atom. The molecule has 2 heterocycles. The Labute approximate surface area is 114 Å². The number of carbonyl (C=O) groups excluding carboxylic acids is 1. The van der Waals surface area contributed by atoms with Crippen LogP contribution in [0.4, 0.5) is 0 Å². The Kier molecular flexibility index (Phi) is 5.62. The summed E-state index contributed by atoms with van der Waals surface area (Å²) in [5.74, 6) is 0.0977. The van der Waals surface area contributed by atoms with Crippen LogP contribution < -0.4 is 5.32 Å². The molecule has 0 spiro atoms. The Morgan fingerprint density at radius 3 is 2.94 bits per heavy atom. The van der Waals surface area contributed by atoms with Gasteiger partial charge in [-0.25, -0.2) is 0 Å². The lowest BCUT2D eigenvalue weighted by atomic mass is 10.2. The summed E-state index contributed by atoms with van der Waals surface area (Å²) in [6.45, 7) is 4.83. The van der Waals surface area contributed by atoms with E-state index in [0.717, 1.165) is 32.5 Å². The number of hydrogen-bond donors (Lipinski definition) is 1. The maximum absolute atomic E-state index is 12.4. The highest BCUT2D eigenvalue weighted by Crippen LogP contribution is 2.13. The Balaban J connectivity index is 0.00000162. The van der Waals surface area contributed by atoms with Gasteiger partial charge >= 0.3 is 0 Å². The number of halogens is 1. The van der Waals surface area contributed by atoms with Crippen LogP contribution in [0.25, 0.3) is 0 Å². The molecule has 1 N–H and O–H groups in total. The zero-order valence-electron chi connectivity index (χ0n) is 10.9. The molecule has 18 heavy (non-hydrogen) atoms. The van der Waals surface area contributed by atoms with E-state index in [1.54, 1.807) is 16.9 Å². The summed E-state index contributed by atoms with van der Waals surface area (Å²) in [5.41, 5.74) is 0.672. The van der Waals surface area contributed by atoms with Crippen LogP contribution >= 0.6 is 12.4 Å². The second-order valence-corrected chi connectivity index (χ2v) is 4.49. The average molecular weight is 273 g/mol. The predicted octanol–water partition coefficient (Wildman–Crippen LogP) is 1.06. The lowest BCUT2D eigenvalue weighted by molar-refractivity contribution is 0.0681. The first-order chi connectivity index (χ1) is 8.24. The number of nitrogens with one attached hydrogen (secondary N) is 1. The second-order valence-electron chi connectivity index (χ2n) is 4.49. The maximum atomic E-state index is 12.4. The SMILES string of the molecule is CCCN(C(=O)c1ccnn1C)C1CCNC1.Cl. The van der Waals surface area contributed by atoms with E-state index >= 15 is 0 Å². The van der Waals surface area contributed by atoms with Gasteiger partial charge in [-0.3, -0.25) is 9.48 Å². The van der Waals surface area contributed by atoms with Gasteiger partial charge < -0.3 is 10.2 Å². The summed E-state index contributed by atoms with van der Waals surface area (Å²) in [5, 5.41) is 7.37. The van der Waals surface area contributed by atoms with Crippen LogP contribution in [0.2, 0.25) is 0 Å². The van der Waals surface area contributed by atoms with Crippen LogP contribution in [0, 0.1) is 0 Å². The van der Waals surface area contributed by atoms with Crippen LogP contribution in [-0.4, -0.2) is 46.3 Å². The fourth-order valence-corrected chi connectivity index (χ4v) is 2.33. The van der Waals surface area contributed by atoms with Crippen LogP contribution in [0.15, 0.2) is 12.3 Å². The van der Waals surface area contributed by atoms with Crippen molar-refractivity contribution in [3.05, 3.63) is 18.0 Å². The number of aryl methyl sites for hydroxylation is 1. The Bertz CT molecular complexity index is 387. The fraction of sp³-hybridized carbons (Fsp3) is 0.667. The summed E-state index contributed by atoms with van der Waals surface area (Å²) >= 11 is 0. The molecule has 1 atom stereocenters. The van der Waals surface area contributed by atoms with Gasteiger partial charge in [0.25, 0.3) is 5.91 Å². The molecule has 1 aliphatic rings. The van der Waals surface area contributed by atoms with Crippen molar-refractivity contribution in [1.82, 2.24) is 20.0 Å². The van der Waals surface area contributed by atoms with Crippen molar-refractivity contribution in [2.75, 3.05) is 19.6 Å². The van der Waals surface area contributed by atoms with Crippen molar-refractivity contribution < 1.29 is 4.79 Å². The topological polar surface area (TPSA) is 50.2 Å². The molecule has 0 saturated carbocycles. The Hall–Kier alpha value is -1.07. The molecular weight excluding hydrogens is 252 g/mol. The number of amides is 1. The van der Waals surface area contributed by atoms with E-state index in [9.17, 15) is 4.79 Å². The molecule has 0 aliphatic carbocycles. The molecule has 102 valence electrons. The molecular formula is C12H21ClN4O. The minimum absolute atomic E-state index is 0. The minimum Gasteiger partial charge on any atom is -0.333 e. The van der Waals surface area contributed by atoms with Crippen molar-refractivity contribution in [1.29, 1.82) is 0 Å². The van der Waals surface area contributed by atoms with Gasteiger partial charge in [-0.1, -0.05) is 6.92 Å². The number of aromatic nitrogens is 2. The zero-order chi connectivity index (χ0) is 12.3. The van der Waals surface area contributed by atoms with E-state index in [0.29, 0.717) is 11.7 Å². The van der Waals surface area contributed by atoms with Crippen LogP contribution in [-0.2, 0) is 7.05 Å². The maximum Gasteiger partial charge on any atom is 0.272 e. The van der Waals surface area contributed by atoms with E-state index in [1.165, 1.54) is 0 Å². The first-order valence-electron chi connectivity index (χ1n) is 6.23. The Morgan fingerprint density at radius 1 is 1.67 bits per heavy atom. The first kappa shape index (κ1) is 15.0. The van der Waals surface area contributed by atoms with Crippen molar-refractivity contribution in [3.63, 3.8) is 0 Å². The van der Waals surface area contributed by atoms with Crippen molar-refractivity contribution in [3.8, 4) is 0 Å². The molecule has 1 amide bonds. The standard InChI is InChI=1S/C12H20N4O.ClH/c1-3-8-16(10-4-6-13-9-10)12(17)11-5-7-14-15(11)2;/h5,7,10,13H,3-4,6,8-9H2,1-2H3;1H. The molecule has 0 radical (unpaired) electrons. The summed E-state index contributed by atoms with van der Waals surface area (Å²) in [6.07, 6.45) is 3.70. The van der Waals surface area contributed by atoms with E-state index in [1.807, 2.05) is 11.9 Å². The smallest absolute Gasteiger partial charge is 0.272 e. The predicted molar refractivity (Wildman–Crippen MR) is 73.1 cm³/mol. The molecule has 1 unspecified atom stereocenters. The molecule has 1 fully saturated rings. The van der Waals surface area contributed by atoms with E-state index < -0.39 is 0 Å². The number of nitrogens with zero attached hydrogens (tertiary/aromatic N) is 3. The van der Waals surface area contributed by atoms with E-state index in [-0.39, 0.29) is 18.3 Å². The van der Waals surface area contributed by atoms with E-state index in [2.05, 4.69) is 17.3 Å². The molecule has 1 aliphatic heterocycles. The van der Waals surface area contributed by atoms with Crippen LogP contribution in [0.1, 0.15) is 30.3 Å². The van der Waals surface area contributed by atoms with Gasteiger partial charge in [-0.15, -0.1) is 12.4 Å². The lowest BCUT2D eigenvalue weighted by Gasteiger charge is -2.28. The van der Waals surface area contributed by atoms with Crippen molar-refractivity contribution >= 4 is 18.3 Å². The largest absolute Gasteiger partial charge is 0.333 e. The van der Waals surface area contributed by atoms with Gasteiger partial charge in [0.05, 0.1) is 0 Å². The lowest BCUT2D eigenvalue weighted by Crippen LogP contribution is -2.42. The van der Waals surface area contributed by atoms with E-state index in [4.69, 9.17) is 0 Å². The van der Waals surface area contributed by atoms with Crippen molar-refractivity contribution in [2.45, 2.75) is 25.8 Å². The first-order valence-corrected chi connectivity index (χ1v) is 6.23. The van der Waals surface area contributed by atoms with Gasteiger partial charge in [0.1, 0.15) is 5.69 Å². The summed E-state index contributed by atoms with van der Waals surface area (Å²) in [6, 6.07) is 2.12. The molecule has 1 saturated heterocycles. The summed E-state index contributed by atoms with van der Waals surface area (Å²) < 4.78 is 1.65. The van der Waals surface area contributed by atoms with Gasteiger partial charge in [0.15, 0.2) is 0 Å². The second kappa shape index (κ2) is 6.75. The van der Waals surface area contributed by atoms with Crippen LogP contribution in [0.3, 0.4) is 0 Å². The number of carbonyl (C=O) groups is 1. The molecule has 5 nitrogen and oxygen atoms in total. The highest BCUT2D eigenvalue weighted by molar-refractivity contribution is 5.92. The van der Waals surface area contributed by atoms with Gasteiger partial charge in [-0.05, 0) is 25.5 Å². The van der Waals surface area contributed by atoms with Gasteiger partial charge in [0.2, 0.25) is 0 Å². The third-order valence-electron chi connectivity index (χ3n) is 3.24. The number of hydrogen-bond acceptors (Lipinski definition) is 3. The molecule has 0 aromatic carbocycles. The van der Waals surface area contributed by atoms with Gasteiger partial charge in [0, 0.05) is 32.4 Å². The molecule has 6 heteroatoms.